The van der Waals surface area contributed by atoms with Gasteiger partial charge in [0.2, 0.25) is 5.89 Å². The number of aryl methyl sites for hydroxylation is 1. The summed E-state index contributed by atoms with van der Waals surface area (Å²) < 4.78 is 5.00. The van der Waals surface area contributed by atoms with Crippen LogP contribution in [0.2, 0.25) is 0 Å². The van der Waals surface area contributed by atoms with Crippen molar-refractivity contribution < 1.29 is 9.32 Å². The van der Waals surface area contributed by atoms with Crippen LogP contribution < -0.4 is 5.32 Å². The zero-order valence-corrected chi connectivity index (χ0v) is 15.4. The Morgan fingerprint density at radius 1 is 1.24 bits per heavy atom. The molecule has 25 heavy (non-hydrogen) atoms. The second-order valence-corrected chi connectivity index (χ2v) is 7.11. The summed E-state index contributed by atoms with van der Waals surface area (Å²) in [5.74, 6) is 1.31. The summed E-state index contributed by atoms with van der Waals surface area (Å²) in [5.41, 5.74) is 0. The lowest BCUT2D eigenvalue weighted by molar-refractivity contribution is 0.129. The Bertz CT molecular complexity index is 555. The van der Waals surface area contributed by atoms with E-state index >= 15 is 0 Å². The Labute approximate surface area is 149 Å². The summed E-state index contributed by atoms with van der Waals surface area (Å²) in [6, 6.07) is 0.697. The van der Waals surface area contributed by atoms with Gasteiger partial charge in [0.05, 0.1) is 6.54 Å². The molecule has 8 nitrogen and oxygen atoms in total. The fourth-order valence-electron chi connectivity index (χ4n) is 3.62. The molecule has 8 heteroatoms. The maximum atomic E-state index is 12.3. The molecule has 0 spiro atoms. The average molecular weight is 350 g/mol. The van der Waals surface area contributed by atoms with Crippen LogP contribution in [0, 0.1) is 6.92 Å². The van der Waals surface area contributed by atoms with E-state index in [1.54, 1.807) is 6.92 Å². The smallest absolute Gasteiger partial charge is 0.317 e. The maximum Gasteiger partial charge on any atom is 0.317 e. The Hall–Kier alpha value is -1.67. The monoisotopic (exact) mass is 350 g/mol. The van der Waals surface area contributed by atoms with Gasteiger partial charge in [-0.15, -0.1) is 0 Å². The van der Waals surface area contributed by atoms with Crippen molar-refractivity contribution in [3.63, 3.8) is 0 Å². The number of urea groups is 1. The number of amides is 2. The maximum absolute atomic E-state index is 12.3. The van der Waals surface area contributed by atoms with Gasteiger partial charge >= 0.3 is 6.03 Å². The third kappa shape index (κ3) is 5.15. The molecule has 3 heterocycles. The minimum Gasteiger partial charge on any atom is -0.340 e. The second-order valence-electron chi connectivity index (χ2n) is 7.11. The summed E-state index contributed by atoms with van der Waals surface area (Å²) in [6.45, 7) is 10.7. The van der Waals surface area contributed by atoms with Crippen molar-refractivity contribution in [1.82, 2.24) is 30.2 Å². The normalized spacial score (nSPS) is 23.0. The van der Waals surface area contributed by atoms with E-state index < -0.39 is 0 Å². The van der Waals surface area contributed by atoms with Crippen molar-refractivity contribution in [3.8, 4) is 0 Å². The third-order valence-electron chi connectivity index (χ3n) is 5.21. The number of piperidine rings is 1. The number of rotatable bonds is 5. The van der Waals surface area contributed by atoms with E-state index in [1.807, 2.05) is 4.90 Å². The lowest BCUT2D eigenvalue weighted by Gasteiger charge is -2.35. The highest BCUT2D eigenvalue weighted by atomic mass is 16.5. The fraction of sp³-hybridized carbons (Fsp3) is 0.824. The van der Waals surface area contributed by atoms with Gasteiger partial charge < -0.3 is 14.7 Å². The van der Waals surface area contributed by atoms with E-state index in [4.69, 9.17) is 4.52 Å². The molecule has 2 amide bonds. The van der Waals surface area contributed by atoms with Crippen molar-refractivity contribution in [2.45, 2.75) is 45.7 Å². The quantitative estimate of drug-likeness (QED) is 0.856. The zero-order chi connectivity index (χ0) is 17.6. The highest BCUT2D eigenvalue weighted by Crippen LogP contribution is 2.15. The van der Waals surface area contributed by atoms with Gasteiger partial charge in [0.15, 0.2) is 5.82 Å². The topological polar surface area (TPSA) is 77.7 Å². The van der Waals surface area contributed by atoms with Gasteiger partial charge in [0.1, 0.15) is 0 Å². The van der Waals surface area contributed by atoms with Crippen molar-refractivity contribution in [1.29, 1.82) is 0 Å². The highest BCUT2D eigenvalue weighted by Gasteiger charge is 2.23. The van der Waals surface area contributed by atoms with E-state index in [0.29, 0.717) is 24.3 Å². The lowest BCUT2D eigenvalue weighted by atomic mass is 10.0. The molecule has 1 unspecified atom stereocenters. The first-order chi connectivity index (χ1) is 12.1. The van der Waals surface area contributed by atoms with Gasteiger partial charge in [-0.3, -0.25) is 9.80 Å². The van der Waals surface area contributed by atoms with Crippen LogP contribution in [-0.4, -0.2) is 82.7 Å². The summed E-state index contributed by atoms with van der Waals surface area (Å²) in [5, 5.41) is 7.00. The third-order valence-corrected chi connectivity index (χ3v) is 5.21. The average Bonchev–Trinajstić information content (AvgIpc) is 3.02. The molecule has 1 N–H and O–H groups in total. The summed E-state index contributed by atoms with van der Waals surface area (Å²) >= 11 is 0. The molecule has 0 aromatic carbocycles. The molecule has 1 aromatic heterocycles. The van der Waals surface area contributed by atoms with Gasteiger partial charge in [-0.25, -0.2) is 4.79 Å². The van der Waals surface area contributed by atoms with Gasteiger partial charge in [-0.05, 0) is 26.3 Å². The first kappa shape index (κ1) is 18.1. The van der Waals surface area contributed by atoms with Crippen molar-refractivity contribution in [2.24, 2.45) is 0 Å². The van der Waals surface area contributed by atoms with Gasteiger partial charge in [-0.2, -0.15) is 4.98 Å². The number of piperazine rings is 1. The molecule has 3 rings (SSSR count). The lowest BCUT2D eigenvalue weighted by Crippen LogP contribution is -2.52. The molecule has 140 valence electrons. The van der Waals surface area contributed by atoms with E-state index in [-0.39, 0.29) is 6.03 Å². The van der Waals surface area contributed by atoms with E-state index in [2.05, 4.69) is 32.2 Å². The van der Waals surface area contributed by atoms with Crippen molar-refractivity contribution in [3.05, 3.63) is 11.7 Å². The molecule has 2 aliphatic rings. The first-order valence-corrected chi connectivity index (χ1v) is 9.40. The van der Waals surface area contributed by atoms with Crippen LogP contribution in [0.1, 0.15) is 37.9 Å². The molecule has 0 aliphatic carbocycles. The Balaban J connectivity index is 1.34. The van der Waals surface area contributed by atoms with E-state index in [9.17, 15) is 4.79 Å². The standard InChI is InChI=1S/C17H30N6O2/c1-14-5-3-4-7-22(14)8-6-18-17(24)23-11-9-21(10-12-23)13-16-19-15(2)25-20-16/h14H,3-13H2,1-2H3,(H,18,24). The number of carbonyl (C=O) groups excluding carboxylic acids is 1. The summed E-state index contributed by atoms with van der Waals surface area (Å²) in [6.07, 6.45) is 3.88. The molecule has 1 aromatic rings. The number of nitrogens with zero attached hydrogens (tertiary/aromatic N) is 5. The van der Waals surface area contributed by atoms with Crippen LogP contribution in [0.15, 0.2) is 4.52 Å². The van der Waals surface area contributed by atoms with Gasteiger partial charge in [0.25, 0.3) is 0 Å². The van der Waals surface area contributed by atoms with Crippen LogP contribution in [0.4, 0.5) is 4.79 Å². The van der Waals surface area contributed by atoms with Crippen molar-refractivity contribution in [2.75, 3.05) is 45.8 Å². The predicted molar refractivity (Wildman–Crippen MR) is 94.2 cm³/mol. The van der Waals surface area contributed by atoms with Crippen LogP contribution in [0.25, 0.3) is 0 Å². The number of hydrogen-bond donors (Lipinski definition) is 1. The van der Waals surface area contributed by atoms with Crippen LogP contribution >= 0.6 is 0 Å². The van der Waals surface area contributed by atoms with Gasteiger partial charge in [0, 0.05) is 52.2 Å². The van der Waals surface area contributed by atoms with Crippen LogP contribution in [0.3, 0.4) is 0 Å². The second kappa shape index (κ2) is 8.62. The molecule has 0 saturated carbocycles. The highest BCUT2D eigenvalue weighted by molar-refractivity contribution is 5.74. The molecular weight excluding hydrogens is 320 g/mol. The minimum atomic E-state index is 0.0553. The molecule has 0 bridgehead atoms. The molecule has 2 saturated heterocycles. The van der Waals surface area contributed by atoms with Gasteiger partial charge in [-0.1, -0.05) is 11.6 Å². The fourth-order valence-corrected chi connectivity index (χ4v) is 3.62. The number of aromatic nitrogens is 2. The van der Waals surface area contributed by atoms with Crippen LogP contribution in [-0.2, 0) is 6.54 Å². The number of nitrogens with one attached hydrogen (secondary N) is 1. The number of likely N-dealkylation sites (tertiary alicyclic amines) is 1. The summed E-state index contributed by atoms with van der Waals surface area (Å²) in [7, 11) is 0. The van der Waals surface area contributed by atoms with Crippen LogP contribution in [0.5, 0.6) is 0 Å². The SMILES string of the molecule is Cc1nc(CN2CCN(C(=O)NCCN3CCCCC3C)CC2)no1. The molecule has 2 fully saturated rings. The van der Waals surface area contributed by atoms with E-state index in [1.165, 1.54) is 19.3 Å². The molecule has 1 atom stereocenters. The summed E-state index contributed by atoms with van der Waals surface area (Å²) in [4.78, 5) is 23.2. The molecule has 2 aliphatic heterocycles. The van der Waals surface area contributed by atoms with E-state index in [0.717, 1.165) is 45.8 Å². The zero-order valence-electron chi connectivity index (χ0n) is 15.4. The Kier molecular flexibility index (Phi) is 6.25. The minimum absolute atomic E-state index is 0.0553. The Morgan fingerprint density at radius 2 is 2.04 bits per heavy atom. The number of carbonyl (C=O) groups is 1. The first-order valence-electron chi connectivity index (χ1n) is 9.40. The molecular formula is C17H30N6O2. The predicted octanol–water partition coefficient (Wildman–Crippen LogP) is 1.08. The number of hydrogen-bond acceptors (Lipinski definition) is 6. The van der Waals surface area contributed by atoms with Crippen molar-refractivity contribution >= 4 is 6.03 Å². The Morgan fingerprint density at radius 3 is 2.72 bits per heavy atom. The largest absolute Gasteiger partial charge is 0.340 e. The molecule has 0 radical (unpaired) electrons.